The van der Waals surface area contributed by atoms with Gasteiger partial charge in [-0.15, -0.1) is 0 Å². The second kappa shape index (κ2) is 6.54. The molecule has 2 rings (SSSR count). The van der Waals surface area contributed by atoms with E-state index in [1.165, 1.54) is 12.1 Å². The van der Waals surface area contributed by atoms with Gasteiger partial charge < -0.3 is 0 Å². The van der Waals surface area contributed by atoms with Crippen molar-refractivity contribution in [2.24, 2.45) is 0 Å². The van der Waals surface area contributed by atoms with E-state index >= 15 is 0 Å². The molecular weight excluding hydrogens is 289 g/mol. The molecular formula is C15H22NO4P. The topological polar surface area (TPSA) is 77.8 Å². The third kappa shape index (κ3) is 4.02. The molecule has 0 bridgehead atoms. The average Bonchev–Trinajstić information content (AvgIpc) is 2.48. The van der Waals surface area contributed by atoms with Gasteiger partial charge >= 0.3 is 124 Å². The fraction of sp³-hybridized carbons (Fsp3) is 0.467. The van der Waals surface area contributed by atoms with E-state index in [2.05, 4.69) is 0 Å². The van der Waals surface area contributed by atoms with Crippen molar-refractivity contribution >= 4 is 19.4 Å². The zero-order valence-corrected chi connectivity index (χ0v) is 13.2. The number of nitrogens with zero attached hydrogens (tertiary/aromatic N) is 1. The summed E-state index contributed by atoms with van der Waals surface area (Å²) in [6.07, 6.45) is 2.65. The predicted octanol–water partition coefficient (Wildman–Crippen LogP) is 1.45. The number of rotatable bonds is 4. The Hall–Kier alpha value is -1.45. The molecule has 1 fully saturated rings. The molecule has 0 aliphatic carbocycles. The number of hydrogen-bond donors (Lipinski definition) is 2. The van der Waals surface area contributed by atoms with E-state index < -0.39 is 13.5 Å². The molecule has 21 heavy (non-hydrogen) atoms. The van der Waals surface area contributed by atoms with E-state index in [9.17, 15) is 14.5 Å². The van der Waals surface area contributed by atoms with Gasteiger partial charge in [-0.3, -0.25) is 0 Å². The normalized spacial score (nSPS) is 19.0. The minimum absolute atomic E-state index is 0.0465. The van der Waals surface area contributed by atoms with Gasteiger partial charge in [0.15, 0.2) is 0 Å². The quantitative estimate of drug-likeness (QED) is 0.825. The summed E-state index contributed by atoms with van der Waals surface area (Å²) < 4.78 is 0. The van der Waals surface area contributed by atoms with E-state index in [-0.39, 0.29) is 17.9 Å². The molecule has 6 heteroatoms. The molecule has 1 amide bonds. The molecule has 0 atom stereocenters. The molecule has 0 unspecified atom stereocenters. The summed E-state index contributed by atoms with van der Waals surface area (Å²) in [5, 5.41) is 8.84. The average molecular weight is 311 g/mol. The molecule has 1 heterocycles. The Morgan fingerprint density at radius 3 is 2.24 bits per heavy atom. The molecule has 1 aliphatic rings. The van der Waals surface area contributed by atoms with Gasteiger partial charge in [-0.2, -0.15) is 0 Å². The van der Waals surface area contributed by atoms with Crippen molar-refractivity contribution in [3.05, 3.63) is 35.4 Å². The molecule has 0 aromatic heterocycles. The molecule has 1 aromatic rings. The SMILES string of the molecule is CC[PH]1(O)CCN(C(=O)Cc2ccc(C(=O)O)cc2)CC1. The Labute approximate surface area is 125 Å². The summed E-state index contributed by atoms with van der Waals surface area (Å²) in [5.74, 6) is -0.919. The summed E-state index contributed by atoms with van der Waals surface area (Å²) in [4.78, 5) is 35.1. The molecule has 5 nitrogen and oxygen atoms in total. The van der Waals surface area contributed by atoms with E-state index in [0.29, 0.717) is 13.1 Å². The number of amides is 1. The monoisotopic (exact) mass is 311 g/mol. The van der Waals surface area contributed by atoms with Gasteiger partial charge in [0, 0.05) is 0 Å². The Kier molecular flexibility index (Phi) is 4.96. The van der Waals surface area contributed by atoms with Crippen LogP contribution in [0, 0.1) is 0 Å². The Morgan fingerprint density at radius 1 is 1.19 bits per heavy atom. The van der Waals surface area contributed by atoms with Crippen LogP contribution in [-0.4, -0.2) is 58.4 Å². The summed E-state index contributed by atoms with van der Waals surface area (Å²) in [6.45, 7) is 3.30. The summed E-state index contributed by atoms with van der Waals surface area (Å²) in [6, 6.07) is 6.40. The van der Waals surface area contributed by atoms with Crippen LogP contribution in [0.15, 0.2) is 24.3 Å². The fourth-order valence-corrected chi connectivity index (χ4v) is 4.91. The zero-order valence-electron chi connectivity index (χ0n) is 12.2. The standard InChI is InChI=1S/C15H22NO4P/c1-2-21(20)9-7-16(8-10-21)14(17)11-12-3-5-13(6-4-12)15(18)19/h3-6,20-21H,2,7-11H2,1H3,(H,18,19). The molecule has 0 spiro atoms. The van der Waals surface area contributed by atoms with Crippen LogP contribution in [0.1, 0.15) is 22.8 Å². The molecule has 1 aromatic carbocycles. The van der Waals surface area contributed by atoms with Crippen molar-refractivity contribution in [3.63, 3.8) is 0 Å². The van der Waals surface area contributed by atoms with Crippen LogP contribution in [0.4, 0.5) is 0 Å². The maximum absolute atomic E-state index is 12.2. The first-order valence-electron chi connectivity index (χ1n) is 7.26. The number of benzene rings is 1. The van der Waals surface area contributed by atoms with Crippen LogP contribution in [0.25, 0.3) is 0 Å². The molecule has 1 aliphatic heterocycles. The van der Waals surface area contributed by atoms with Crippen molar-refractivity contribution in [1.82, 2.24) is 4.90 Å². The molecule has 0 radical (unpaired) electrons. The summed E-state index contributed by atoms with van der Waals surface area (Å²) in [5.41, 5.74) is 1.04. The van der Waals surface area contributed by atoms with Gasteiger partial charge in [0.1, 0.15) is 0 Å². The Bertz CT molecular complexity index is 521. The molecule has 1 saturated heterocycles. The zero-order chi connectivity index (χ0) is 15.5. The third-order valence-electron chi connectivity index (χ3n) is 4.26. The molecule has 116 valence electrons. The molecule has 0 saturated carbocycles. The first kappa shape index (κ1) is 15.9. The first-order valence-corrected chi connectivity index (χ1v) is 9.83. The van der Waals surface area contributed by atoms with Crippen LogP contribution in [0.3, 0.4) is 0 Å². The van der Waals surface area contributed by atoms with Crippen LogP contribution < -0.4 is 0 Å². The second-order valence-electron chi connectivity index (χ2n) is 5.64. The van der Waals surface area contributed by atoms with Crippen LogP contribution in [0.5, 0.6) is 0 Å². The fourth-order valence-electron chi connectivity index (χ4n) is 2.58. The predicted molar refractivity (Wildman–Crippen MR) is 84.5 cm³/mol. The number of carbonyl (C=O) groups excluding carboxylic acids is 1. The van der Waals surface area contributed by atoms with Gasteiger partial charge in [-0.1, -0.05) is 0 Å². The van der Waals surface area contributed by atoms with Crippen molar-refractivity contribution in [3.8, 4) is 0 Å². The van der Waals surface area contributed by atoms with Crippen LogP contribution >= 0.6 is 7.49 Å². The van der Waals surface area contributed by atoms with E-state index in [1.54, 1.807) is 12.1 Å². The number of carboxylic acid groups (broad SMARTS) is 1. The number of carboxylic acids is 1. The van der Waals surface area contributed by atoms with Crippen LogP contribution in [-0.2, 0) is 11.2 Å². The van der Waals surface area contributed by atoms with Gasteiger partial charge in [0.25, 0.3) is 0 Å². The minimum atomic E-state index is -2.07. The van der Waals surface area contributed by atoms with Crippen molar-refractivity contribution in [2.75, 3.05) is 31.6 Å². The van der Waals surface area contributed by atoms with E-state index in [1.807, 2.05) is 11.8 Å². The van der Waals surface area contributed by atoms with Crippen molar-refractivity contribution in [2.45, 2.75) is 13.3 Å². The van der Waals surface area contributed by atoms with Gasteiger partial charge in [-0.25, -0.2) is 0 Å². The van der Waals surface area contributed by atoms with E-state index in [4.69, 9.17) is 5.11 Å². The van der Waals surface area contributed by atoms with Gasteiger partial charge in [0.05, 0.1) is 0 Å². The van der Waals surface area contributed by atoms with Gasteiger partial charge in [-0.05, 0) is 0 Å². The number of hydrogen-bond acceptors (Lipinski definition) is 3. The number of aromatic carboxylic acids is 1. The van der Waals surface area contributed by atoms with Gasteiger partial charge in [0.2, 0.25) is 0 Å². The Morgan fingerprint density at radius 2 is 1.76 bits per heavy atom. The van der Waals surface area contributed by atoms with Crippen LogP contribution in [0.2, 0.25) is 0 Å². The maximum atomic E-state index is 12.2. The Balaban J connectivity index is 1.92. The molecule has 2 N–H and O–H groups in total. The van der Waals surface area contributed by atoms with Crippen molar-refractivity contribution in [1.29, 1.82) is 0 Å². The van der Waals surface area contributed by atoms with Crippen molar-refractivity contribution < 1.29 is 19.6 Å². The number of carbonyl (C=O) groups is 2. The first-order chi connectivity index (χ1) is 9.93. The second-order valence-corrected chi connectivity index (χ2v) is 9.79. The summed E-state index contributed by atoms with van der Waals surface area (Å²) >= 11 is 0. The van der Waals surface area contributed by atoms with E-state index in [0.717, 1.165) is 24.0 Å². The third-order valence-corrected chi connectivity index (χ3v) is 7.89. The summed E-state index contributed by atoms with van der Waals surface area (Å²) in [7, 11) is -2.07.